The number of ether oxygens (including phenoxy) is 1. The van der Waals surface area contributed by atoms with E-state index < -0.39 is 10.0 Å². The zero-order valence-electron chi connectivity index (χ0n) is 16.3. The predicted molar refractivity (Wildman–Crippen MR) is 108 cm³/mol. The summed E-state index contributed by atoms with van der Waals surface area (Å²) in [5.74, 6) is 0.452. The molecule has 7 heteroatoms. The third-order valence-electron chi connectivity index (χ3n) is 4.80. The second kappa shape index (κ2) is 8.75. The van der Waals surface area contributed by atoms with Gasteiger partial charge >= 0.3 is 0 Å². The number of aryl methyl sites for hydroxylation is 2. The molecule has 2 aromatic carbocycles. The summed E-state index contributed by atoms with van der Waals surface area (Å²) in [6.45, 7) is 5.52. The highest BCUT2D eigenvalue weighted by Crippen LogP contribution is 2.23. The minimum atomic E-state index is -3.55. The summed E-state index contributed by atoms with van der Waals surface area (Å²) >= 11 is 0. The topological polar surface area (TPSA) is 75.7 Å². The second-order valence-electron chi connectivity index (χ2n) is 7.01. The van der Waals surface area contributed by atoms with Gasteiger partial charge in [-0.05, 0) is 62.1 Å². The molecular weight excluding hydrogens is 376 g/mol. The van der Waals surface area contributed by atoms with E-state index in [0.29, 0.717) is 31.8 Å². The SMILES string of the molecule is Cc1cccc(OCCNC(=O)c2cc(S(=O)(=O)N3CCCC3)ccc2C)c1. The van der Waals surface area contributed by atoms with Crippen LogP contribution in [0.3, 0.4) is 0 Å². The van der Waals surface area contributed by atoms with E-state index in [1.807, 2.05) is 31.2 Å². The van der Waals surface area contributed by atoms with Crippen molar-refractivity contribution in [1.82, 2.24) is 9.62 Å². The molecule has 0 radical (unpaired) electrons. The molecule has 1 saturated heterocycles. The highest BCUT2D eigenvalue weighted by Gasteiger charge is 2.28. The van der Waals surface area contributed by atoms with Crippen molar-refractivity contribution in [2.24, 2.45) is 0 Å². The Bertz CT molecular complexity index is 951. The standard InChI is InChI=1S/C21H26N2O4S/c1-16-6-5-7-18(14-16)27-13-10-22-21(24)20-15-19(9-8-17(20)2)28(25,26)23-11-3-4-12-23/h5-9,14-15H,3-4,10-13H2,1-2H3,(H,22,24). The zero-order chi connectivity index (χ0) is 20.1. The number of sulfonamides is 1. The number of amides is 1. The normalized spacial score (nSPS) is 14.8. The number of nitrogens with zero attached hydrogens (tertiary/aromatic N) is 1. The summed E-state index contributed by atoms with van der Waals surface area (Å²) in [7, 11) is -3.55. The van der Waals surface area contributed by atoms with E-state index in [1.165, 1.54) is 10.4 Å². The Morgan fingerprint density at radius 3 is 2.57 bits per heavy atom. The lowest BCUT2D eigenvalue weighted by molar-refractivity contribution is 0.0946. The van der Waals surface area contributed by atoms with Crippen molar-refractivity contribution in [2.45, 2.75) is 31.6 Å². The molecule has 1 amide bonds. The molecule has 0 bridgehead atoms. The maximum Gasteiger partial charge on any atom is 0.251 e. The van der Waals surface area contributed by atoms with Gasteiger partial charge in [-0.2, -0.15) is 4.31 Å². The monoisotopic (exact) mass is 402 g/mol. The second-order valence-corrected chi connectivity index (χ2v) is 8.95. The fourth-order valence-electron chi connectivity index (χ4n) is 3.22. The van der Waals surface area contributed by atoms with Crippen LogP contribution in [-0.4, -0.2) is 44.9 Å². The van der Waals surface area contributed by atoms with Crippen molar-refractivity contribution in [3.63, 3.8) is 0 Å². The molecule has 150 valence electrons. The fourth-order valence-corrected chi connectivity index (χ4v) is 4.76. The Morgan fingerprint density at radius 2 is 1.86 bits per heavy atom. The van der Waals surface area contributed by atoms with E-state index in [9.17, 15) is 13.2 Å². The van der Waals surface area contributed by atoms with Crippen LogP contribution >= 0.6 is 0 Å². The maximum atomic E-state index is 12.7. The molecule has 2 aromatic rings. The van der Waals surface area contributed by atoms with Gasteiger partial charge in [0, 0.05) is 18.7 Å². The molecule has 0 aromatic heterocycles. The molecule has 0 spiro atoms. The zero-order valence-corrected chi connectivity index (χ0v) is 17.1. The average molecular weight is 403 g/mol. The quantitative estimate of drug-likeness (QED) is 0.723. The fraction of sp³-hybridized carbons (Fsp3) is 0.381. The van der Waals surface area contributed by atoms with Gasteiger partial charge in [0.1, 0.15) is 12.4 Å². The molecule has 0 aliphatic carbocycles. The van der Waals surface area contributed by atoms with Crippen molar-refractivity contribution in [3.8, 4) is 5.75 Å². The van der Waals surface area contributed by atoms with Gasteiger partial charge in [-0.25, -0.2) is 8.42 Å². The lowest BCUT2D eigenvalue weighted by Crippen LogP contribution is -2.30. The van der Waals surface area contributed by atoms with Crippen molar-refractivity contribution in [1.29, 1.82) is 0 Å². The van der Waals surface area contributed by atoms with E-state index in [1.54, 1.807) is 19.1 Å². The minimum absolute atomic E-state index is 0.168. The first-order valence-corrected chi connectivity index (χ1v) is 10.9. The lowest BCUT2D eigenvalue weighted by Gasteiger charge is -2.17. The number of nitrogens with one attached hydrogen (secondary N) is 1. The van der Waals surface area contributed by atoms with Crippen LogP contribution in [0.1, 0.15) is 34.3 Å². The molecule has 0 atom stereocenters. The smallest absolute Gasteiger partial charge is 0.251 e. The number of hydrogen-bond acceptors (Lipinski definition) is 4. The van der Waals surface area contributed by atoms with Crippen molar-refractivity contribution >= 4 is 15.9 Å². The summed E-state index contributed by atoms with van der Waals surface area (Å²) in [5, 5.41) is 2.80. The number of hydrogen-bond donors (Lipinski definition) is 1. The molecular formula is C21H26N2O4S. The largest absolute Gasteiger partial charge is 0.492 e. The van der Waals surface area contributed by atoms with E-state index in [-0.39, 0.29) is 10.8 Å². The summed E-state index contributed by atoms with van der Waals surface area (Å²) in [6, 6.07) is 12.4. The highest BCUT2D eigenvalue weighted by atomic mass is 32.2. The molecule has 0 unspecified atom stereocenters. The van der Waals surface area contributed by atoms with Gasteiger partial charge in [0.25, 0.3) is 5.91 Å². The van der Waals surface area contributed by atoms with Gasteiger partial charge in [0.05, 0.1) is 11.4 Å². The summed E-state index contributed by atoms with van der Waals surface area (Å²) < 4.78 is 32.6. The van der Waals surface area contributed by atoms with Crippen LogP contribution in [0.25, 0.3) is 0 Å². The van der Waals surface area contributed by atoms with Gasteiger partial charge in [-0.15, -0.1) is 0 Å². The van der Waals surface area contributed by atoms with E-state index >= 15 is 0 Å². The third-order valence-corrected chi connectivity index (χ3v) is 6.70. The van der Waals surface area contributed by atoms with Crippen LogP contribution in [0, 0.1) is 13.8 Å². The van der Waals surface area contributed by atoms with Gasteiger partial charge in [0.2, 0.25) is 10.0 Å². The molecule has 1 fully saturated rings. The molecule has 3 rings (SSSR count). The molecule has 28 heavy (non-hydrogen) atoms. The number of carbonyl (C=O) groups is 1. The Kier molecular flexibility index (Phi) is 6.36. The molecule has 1 heterocycles. The Labute approximate surface area is 166 Å². The van der Waals surface area contributed by atoms with Crippen LogP contribution in [-0.2, 0) is 10.0 Å². The van der Waals surface area contributed by atoms with Gasteiger partial charge in [-0.1, -0.05) is 18.2 Å². The van der Waals surface area contributed by atoms with Gasteiger partial charge < -0.3 is 10.1 Å². The third kappa shape index (κ3) is 4.72. The van der Waals surface area contributed by atoms with Crippen molar-refractivity contribution < 1.29 is 17.9 Å². The molecule has 1 N–H and O–H groups in total. The first kappa shape index (κ1) is 20.4. The van der Waals surface area contributed by atoms with Gasteiger partial charge in [-0.3, -0.25) is 4.79 Å². The minimum Gasteiger partial charge on any atom is -0.492 e. The number of benzene rings is 2. The van der Waals surface area contributed by atoms with E-state index in [2.05, 4.69) is 5.32 Å². The molecule has 6 nitrogen and oxygen atoms in total. The van der Waals surface area contributed by atoms with Crippen LogP contribution in [0.2, 0.25) is 0 Å². The summed E-state index contributed by atoms with van der Waals surface area (Å²) in [4.78, 5) is 12.7. The van der Waals surface area contributed by atoms with Crippen LogP contribution in [0.15, 0.2) is 47.4 Å². The van der Waals surface area contributed by atoms with E-state index in [0.717, 1.165) is 29.7 Å². The van der Waals surface area contributed by atoms with Gasteiger partial charge in [0.15, 0.2) is 0 Å². The molecule has 1 aliphatic heterocycles. The summed E-state index contributed by atoms with van der Waals surface area (Å²) in [6.07, 6.45) is 1.75. The Morgan fingerprint density at radius 1 is 1.11 bits per heavy atom. The maximum absolute atomic E-state index is 12.7. The van der Waals surface area contributed by atoms with Crippen LogP contribution in [0.4, 0.5) is 0 Å². The average Bonchev–Trinajstić information content (AvgIpc) is 3.21. The predicted octanol–water partition coefficient (Wildman–Crippen LogP) is 2.90. The Hall–Kier alpha value is -2.38. The first-order chi connectivity index (χ1) is 13.4. The van der Waals surface area contributed by atoms with Crippen LogP contribution in [0.5, 0.6) is 5.75 Å². The summed E-state index contributed by atoms with van der Waals surface area (Å²) in [5.41, 5.74) is 2.21. The van der Waals surface area contributed by atoms with Crippen molar-refractivity contribution in [3.05, 3.63) is 59.2 Å². The number of carbonyl (C=O) groups excluding carboxylic acids is 1. The first-order valence-electron chi connectivity index (χ1n) is 9.46. The molecule has 0 saturated carbocycles. The highest BCUT2D eigenvalue weighted by molar-refractivity contribution is 7.89. The van der Waals surface area contributed by atoms with Crippen LogP contribution < -0.4 is 10.1 Å². The number of rotatable bonds is 7. The van der Waals surface area contributed by atoms with Crippen molar-refractivity contribution in [2.75, 3.05) is 26.2 Å². The molecule has 1 aliphatic rings. The van der Waals surface area contributed by atoms with E-state index in [4.69, 9.17) is 4.74 Å². The Balaban J connectivity index is 1.63. The lowest BCUT2D eigenvalue weighted by atomic mass is 10.1.